The van der Waals surface area contributed by atoms with Crippen molar-refractivity contribution in [3.63, 3.8) is 0 Å². The van der Waals surface area contributed by atoms with Crippen molar-refractivity contribution in [2.45, 2.75) is 26.4 Å². The minimum Gasteiger partial charge on any atom is -0.497 e. The molecule has 0 saturated carbocycles. The summed E-state index contributed by atoms with van der Waals surface area (Å²) in [5.74, 6) is 1.41. The van der Waals surface area contributed by atoms with Crippen LogP contribution >= 0.6 is 0 Å². The number of benzene rings is 1. The summed E-state index contributed by atoms with van der Waals surface area (Å²) < 4.78 is 15.3. The molecule has 9 heteroatoms. The first-order valence-corrected chi connectivity index (χ1v) is 9.76. The van der Waals surface area contributed by atoms with Crippen LogP contribution in [0.5, 0.6) is 5.75 Å². The fourth-order valence-corrected chi connectivity index (χ4v) is 3.79. The van der Waals surface area contributed by atoms with Gasteiger partial charge in [0, 0.05) is 38.5 Å². The summed E-state index contributed by atoms with van der Waals surface area (Å²) in [6.07, 6.45) is 0.858. The van der Waals surface area contributed by atoms with E-state index in [9.17, 15) is 9.59 Å². The highest BCUT2D eigenvalue weighted by Crippen LogP contribution is 2.32. The lowest BCUT2D eigenvalue weighted by molar-refractivity contribution is 0.137. The Labute approximate surface area is 167 Å². The van der Waals surface area contributed by atoms with E-state index in [-0.39, 0.29) is 17.8 Å². The molecule has 0 amide bonds. The van der Waals surface area contributed by atoms with Gasteiger partial charge in [0.2, 0.25) is 5.95 Å². The molecular weight excluding hydrogens is 374 g/mol. The third kappa shape index (κ3) is 3.21. The van der Waals surface area contributed by atoms with Gasteiger partial charge in [0.15, 0.2) is 11.2 Å². The first kappa shape index (κ1) is 19.3. The average Bonchev–Trinajstić information content (AvgIpc) is 3.14. The van der Waals surface area contributed by atoms with Crippen molar-refractivity contribution in [1.82, 2.24) is 18.7 Å². The van der Waals surface area contributed by atoms with Crippen molar-refractivity contribution in [2.75, 3.05) is 31.8 Å². The predicted molar refractivity (Wildman–Crippen MR) is 110 cm³/mol. The van der Waals surface area contributed by atoms with Crippen molar-refractivity contribution in [3.05, 3.63) is 45.1 Å². The zero-order chi connectivity index (χ0) is 20.5. The van der Waals surface area contributed by atoms with Gasteiger partial charge in [0.05, 0.1) is 20.3 Å². The summed E-state index contributed by atoms with van der Waals surface area (Å²) >= 11 is 0. The van der Waals surface area contributed by atoms with Crippen molar-refractivity contribution in [2.24, 2.45) is 7.05 Å². The molecule has 0 spiro atoms. The van der Waals surface area contributed by atoms with Crippen molar-refractivity contribution in [1.29, 1.82) is 0 Å². The molecular formula is C20H25N5O4. The van der Waals surface area contributed by atoms with E-state index >= 15 is 0 Å². The zero-order valence-corrected chi connectivity index (χ0v) is 16.9. The van der Waals surface area contributed by atoms with Crippen LogP contribution < -0.4 is 20.9 Å². The molecule has 29 heavy (non-hydrogen) atoms. The van der Waals surface area contributed by atoms with Gasteiger partial charge in [-0.05, 0) is 25.5 Å². The Morgan fingerprint density at radius 3 is 2.79 bits per heavy atom. The Balaban J connectivity index is 1.88. The minimum atomic E-state index is -0.384. The highest BCUT2D eigenvalue weighted by Gasteiger charge is 2.27. The third-order valence-corrected chi connectivity index (χ3v) is 5.25. The second-order valence-electron chi connectivity index (χ2n) is 6.94. The van der Waals surface area contributed by atoms with E-state index in [0.29, 0.717) is 36.9 Å². The van der Waals surface area contributed by atoms with E-state index in [1.165, 1.54) is 9.13 Å². The molecule has 1 aromatic carbocycles. The number of methoxy groups -OCH3 is 1. The predicted octanol–water partition coefficient (Wildman–Crippen LogP) is 1.48. The quantitative estimate of drug-likeness (QED) is 0.584. The van der Waals surface area contributed by atoms with Crippen molar-refractivity contribution >= 4 is 22.8 Å². The van der Waals surface area contributed by atoms with Gasteiger partial charge in [-0.2, -0.15) is 4.98 Å². The Morgan fingerprint density at radius 2 is 2.03 bits per heavy atom. The number of hydrogen-bond acceptors (Lipinski definition) is 6. The third-order valence-electron chi connectivity index (χ3n) is 5.25. The molecule has 0 saturated heterocycles. The summed E-state index contributed by atoms with van der Waals surface area (Å²) in [5, 5.41) is 0. The first-order chi connectivity index (χ1) is 14.1. The van der Waals surface area contributed by atoms with Crippen LogP contribution in [0.15, 0.2) is 33.9 Å². The second kappa shape index (κ2) is 7.75. The van der Waals surface area contributed by atoms with Gasteiger partial charge in [0.1, 0.15) is 5.75 Å². The molecule has 3 aromatic rings. The summed E-state index contributed by atoms with van der Waals surface area (Å²) in [6.45, 7) is 4.39. The molecule has 9 nitrogen and oxygen atoms in total. The summed E-state index contributed by atoms with van der Waals surface area (Å²) in [7, 11) is 3.28. The van der Waals surface area contributed by atoms with Crippen LogP contribution in [0.25, 0.3) is 11.2 Å². The van der Waals surface area contributed by atoms with E-state index in [1.807, 2.05) is 35.8 Å². The largest absolute Gasteiger partial charge is 0.497 e. The second-order valence-corrected chi connectivity index (χ2v) is 6.94. The van der Waals surface area contributed by atoms with Crippen LogP contribution in [0, 0.1) is 0 Å². The van der Waals surface area contributed by atoms with Gasteiger partial charge < -0.3 is 18.9 Å². The fourth-order valence-electron chi connectivity index (χ4n) is 3.79. The number of aryl methyl sites for hydroxylation is 2. The van der Waals surface area contributed by atoms with Gasteiger partial charge >= 0.3 is 5.69 Å². The van der Waals surface area contributed by atoms with Crippen molar-refractivity contribution in [3.8, 4) is 5.75 Å². The van der Waals surface area contributed by atoms with Crippen LogP contribution in [0.1, 0.15) is 13.3 Å². The standard InChI is InChI=1S/C20H25N5O4/c1-4-29-12-11-25-18(26)16-17(22(2)20(25)27)21-19-23(9-6-10-24(16)19)14-7-5-8-15(13-14)28-3/h5,7-8,13H,4,6,9-12H2,1-3H3. The highest BCUT2D eigenvalue weighted by atomic mass is 16.5. The summed E-state index contributed by atoms with van der Waals surface area (Å²) in [4.78, 5) is 32.7. The lowest BCUT2D eigenvalue weighted by Crippen LogP contribution is -2.40. The van der Waals surface area contributed by atoms with Gasteiger partial charge in [-0.15, -0.1) is 0 Å². The molecule has 0 fully saturated rings. The van der Waals surface area contributed by atoms with Crippen LogP contribution in [-0.2, 0) is 24.9 Å². The molecule has 0 radical (unpaired) electrons. The Kier molecular flexibility index (Phi) is 5.14. The Hall–Kier alpha value is -3.07. The molecule has 2 aromatic heterocycles. The van der Waals surface area contributed by atoms with Gasteiger partial charge in [0.25, 0.3) is 5.56 Å². The van der Waals surface area contributed by atoms with Gasteiger partial charge in [-0.3, -0.25) is 13.9 Å². The zero-order valence-electron chi connectivity index (χ0n) is 16.9. The minimum absolute atomic E-state index is 0.218. The molecule has 1 aliphatic heterocycles. The number of nitrogens with zero attached hydrogens (tertiary/aromatic N) is 5. The average molecular weight is 399 g/mol. The monoisotopic (exact) mass is 399 g/mol. The maximum absolute atomic E-state index is 13.2. The van der Waals surface area contributed by atoms with E-state index in [0.717, 1.165) is 24.4 Å². The van der Waals surface area contributed by atoms with Crippen LogP contribution in [-0.4, -0.2) is 45.6 Å². The van der Waals surface area contributed by atoms with Crippen LogP contribution in [0.4, 0.5) is 11.6 Å². The smallest absolute Gasteiger partial charge is 0.332 e. The number of anilines is 2. The van der Waals surface area contributed by atoms with Crippen LogP contribution in [0.3, 0.4) is 0 Å². The Morgan fingerprint density at radius 1 is 1.21 bits per heavy atom. The molecule has 0 N–H and O–H groups in total. The topological polar surface area (TPSA) is 83.5 Å². The van der Waals surface area contributed by atoms with E-state index in [2.05, 4.69) is 4.90 Å². The van der Waals surface area contributed by atoms with E-state index in [1.54, 1.807) is 14.2 Å². The number of aromatic nitrogens is 4. The number of hydrogen-bond donors (Lipinski definition) is 0. The van der Waals surface area contributed by atoms with Crippen molar-refractivity contribution < 1.29 is 9.47 Å². The molecule has 154 valence electrons. The molecule has 0 aliphatic carbocycles. The summed E-state index contributed by atoms with van der Waals surface area (Å²) in [6, 6.07) is 7.73. The molecule has 1 aliphatic rings. The molecule has 4 rings (SSSR count). The fraction of sp³-hybridized carbons (Fsp3) is 0.450. The lowest BCUT2D eigenvalue weighted by Gasteiger charge is -2.29. The maximum Gasteiger partial charge on any atom is 0.332 e. The SMILES string of the molecule is CCOCCn1c(=O)c2c(nc3n2CCCN3c2cccc(OC)c2)n(C)c1=O. The summed E-state index contributed by atoms with van der Waals surface area (Å²) in [5.41, 5.74) is 1.07. The van der Waals surface area contributed by atoms with E-state index < -0.39 is 0 Å². The maximum atomic E-state index is 13.2. The highest BCUT2D eigenvalue weighted by molar-refractivity contribution is 5.77. The normalized spacial score (nSPS) is 13.7. The number of rotatable bonds is 6. The first-order valence-electron chi connectivity index (χ1n) is 9.76. The number of ether oxygens (including phenoxy) is 2. The van der Waals surface area contributed by atoms with Gasteiger partial charge in [-0.1, -0.05) is 6.07 Å². The molecule has 0 unspecified atom stereocenters. The Bertz CT molecular complexity index is 1160. The molecule has 0 atom stereocenters. The van der Waals surface area contributed by atoms with Crippen LogP contribution in [0.2, 0.25) is 0 Å². The molecule has 3 heterocycles. The molecule has 0 bridgehead atoms. The number of imidazole rings is 1. The van der Waals surface area contributed by atoms with E-state index in [4.69, 9.17) is 14.5 Å². The lowest BCUT2D eigenvalue weighted by atomic mass is 10.2. The van der Waals surface area contributed by atoms with Gasteiger partial charge in [-0.25, -0.2) is 4.79 Å². The number of fused-ring (bicyclic) bond motifs is 3.